The number of rotatable bonds is 5. The summed E-state index contributed by atoms with van der Waals surface area (Å²) in [6, 6.07) is 1.22. The number of hydrogen-bond acceptors (Lipinski definition) is 5. The van der Waals surface area contributed by atoms with Crippen LogP contribution in [-0.4, -0.2) is 59.1 Å². The molecule has 6 heteroatoms. The van der Waals surface area contributed by atoms with E-state index in [1.165, 1.54) is 25.7 Å². The van der Waals surface area contributed by atoms with Crippen LogP contribution in [0.15, 0.2) is 0 Å². The van der Waals surface area contributed by atoms with Crippen LogP contribution in [0.3, 0.4) is 0 Å². The van der Waals surface area contributed by atoms with Gasteiger partial charge in [-0.1, -0.05) is 0 Å². The number of aromatic nitrogens is 3. The van der Waals surface area contributed by atoms with E-state index < -0.39 is 0 Å². The summed E-state index contributed by atoms with van der Waals surface area (Å²) in [5.74, 6) is 2.53. The van der Waals surface area contributed by atoms with Crippen LogP contribution in [0.5, 0.6) is 0 Å². The highest BCUT2D eigenvalue weighted by Gasteiger charge is 2.28. The van der Waals surface area contributed by atoms with Crippen LogP contribution < -0.4 is 5.32 Å². The van der Waals surface area contributed by atoms with Crippen molar-refractivity contribution in [2.75, 3.05) is 33.4 Å². The summed E-state index contributed by atoms with van der Waals surface area (Å²) in [4.78, 5) is 7.29. The van der Waals surface area contributed by atoms with Gasteiger partial charge in [-0.15, -0.1) is 0 Å². The first-order valence-electron chi connectivity index (χ1n) is 8.74. The van der Waals surface area contributed by atoms with E-state index in [2.05, 4.69) is 21.9 Å². The van der Waals surface area contributed by atoms with E-state index >= 15 is 0 Å². The maximum atomic E-state index is 5.52. The van der Waals surface area contributed by atoms with Gasteiger partial charge in [-0.05, 0) is 52.2 Å². The van der Waals surface area contributed by atoms with Crippen LogP contribution in [0.4, 0.5) is 0 Å². The molecule has 0 radical (unpaired) electrons. The lowest BCUT2D eigenvalue weighted by molar-refractivity contribution is 0.192. The number of nitrogens with zero attached hydrogens (tertiary/aromatic N) is 4. The van der Waals surface area contributed by atoms with Crippen molar-refractivity contribution in [3.8, 4) is 0 Å². The van der Waals surface area contributed by atoms with Crippen LogP contribution in [0.25, 0.3) is 0 Å². The Hall–Kier alpha value is -0.980. The van der Waals surface area contributed by atoms with Crippen LogP contribution in [0, 0.1) is 0 Å². The Morgan fingerprint density at radius 2 is 2.00 bits per heavy atom. The molecule has 3 heterocycles. The number of piperidine rings is 1. The zero-order chi connectivity index (χ0) is 14.9. The third-order valence-corrected chi connectivity index (χ3v) is 5.17. The zero-order valence-corrected chi connectivity index (χ0v) is 13.5. The molecule has 22 heavy (non-hydrogen) atoms. The summed E-state index contributed by atoms with van der Waals surface area (Å²) in [5, 5.41) is 8.51. The van der Waals surface area contributed by atoms with Gasteiger partial charge >= 0.3 is 0 Å². The quantitative estimate of drug-likeness (QED) is 0.889. The Labute approximate surface area is 132 Å². The smallest absolute Gasteiger partial charge is 0.156 e. The molecule has 0 bridgehead atoms. The Balaban J connectivity index is 1.52. The summed E-state index contributed by atoms with van der Waals surface area (Å²) in [6.07, 6.45) is 6.04. The molecule has 6 nitrogen and oxygen atoms in total. The average molecular weight is 305 g/mol. The molecule has 4 rings (SSSR count). The molecular weight excluding hydrogens is 278 g/mol. The molecule has 0 amide bonds. The summed E-state index contributed by atoms with van der Waals surface area (Å²) in [6.45, 7) is 4.80. The van der Waals surface area contributed by atoms with E-state index in [0.717, 1.165) is 50.9 Å². The van der Waals surface area contributed by atoms with Crippen LogP contribution in [0.1, 0.15) is 55.7 Å². The maximum absolute atomic E-state index is 5.52. The topological polar surface area (TPSA) is 55.2 Å². The van der Waals surface area contributed by atoms with E-state index in [-0.39, 0.29) is 0 Å². The molecule has 0 aromatic carbocycles. The molecule has 1 aromatic rings. The largest absolute Gasteiger partial charge is 0.381 e. The van der Waals surface area contributed by atoms with Gasteiger partial charge in [0.25, 0.3) is 0 Å². The van der Waals surface area contributed by atoms with E-state index in [1.54, 1.807) is 0 Å². The minimum atomic E-state index is 0.396. The first-order chi connectivity index (χ1) is 10.8. The molecular formula is C16H27N5O. The first kappa shape index (κ1) is 14.6. The zero-order valence-electron chi connectivity index (χ0n) is 13.5. The number of likely N-dealkylation sites (tertiary alicyclic amines) is 1. The highest BCUT2D eigenvalue weighted by Crippen LogP contribution is 2.27. The Morgan fingerprint density at radius 3 is 2.68 bits per heavy atom. The summed E-state index contributed by atoms with van der Waals surface area (Å²) in [5.41, 5.74) is 0. The molecule has 1 atom stereocenters. The Morgan fingerprint density at radius 1 is 1.18 bits per heavy atom. The average Bonchev–Trinajstić information content (AvgIpc) is 3.02. The van der Waals surface area contributed by atoms with Gasteiger partial charge in [0.05, 0.1) is 19.2 Å². The molecule has 122 valence electrons. The van der Waals surface area contributed by atoms with Crippen molar-refractivity contribution in [1.29, 1.82) is 0 Å². The van der Waals surface area contributed by atoms with Crippen molar-refractivity contribution >= 4 is 0 Å². The fraction of sp³-hybridized carbons (Fsp3) is 0.875. The molecule has 1 saturated carbocycles. The summed E-state index contributed by atoms with van der Waals surface area (Å²) >= 11 is 0. The number of hydrogen-bond donors (Lipinski definition) is 1. The molecule has 3 aliphatic rings. The van der Waals surface area contributed by atoms with Gasteiger partial charge < -0.3 is 15.0 Å². The predicted molar refractivity (Wildman–Crippen MR) is 83.8 cm³/mol. The van der Waals surface area contributed by atoms with Crippen LogP contribution in [0.2, 0.25) is 0 Å². The standard InChI is InChI=1S/C16H27N5O/c1-20-7-4-14(5-8-20)21-15(10-17-13-2-3-13)18-16(19-21)12-6-9-22-11-12/h12-14,17H,2-11H2,1H3/t12-/m1/s1. The highest BCUT2D eigenvalue weighted by atomic mass is 16.5. The van der Waals surface area contributed by atoms with Gasteiger partial charge in [-0.3, -0.25) is 0 Å². The summed E-state index contributed by atoms with van der Waals surface area (Å²) < 4.78 is 7.75. The Bertz CT molecular complexity index is 499. The fourth-order valence-corrected chi connectivity index (χ4v) is 3.46. The van der Waals surface area contributed by atoms with Crippen molar-refractivity contribution < 1.29 is 4.74 Å². The molecule has 0 unspecified atom stereocenters. The lowest BCUT2D eigenvalue weighted by Gasteiger charge is -2.29. The van der Waals surface area contributed by atoms with E-state index in [4.69, 9.17) is 14.8 Å². The first-order valence-corrected chi connectivity index (χ1v) is 8.74. The third-order valence-electron chi connectivity index (χ3n) is 5.17. The molecule has 1 aromatic heterocycles. The second-order valence-electron chi connectivity index (χ2n) is 7.08. The predicted octanol–water partition coefficient (Wildman–Crippen LogP) is 1.30. The van der Waals surface area contributed by atoms with Gasteiger partial charge in [-0.25, -0.2) is 9.67 Å². The van der Waals surface area contributed by atoms with Crippen LogP contribution in [-0.2, 0) is 11.3 Å². The minimum absolute atomic E-state index is 0.396. The van der Waals surface area contributed by atoms with Crippen molar-refractivity contribution in [1.82, 2.24) is 25.0 Å². The molecule has 2 aliphatic heterocycles. The van der Waals surface area contributed by atoms with Gasteiger partial charge in [0, 0.05) is 18.6 Å². The third kappa shape index (κ3) is 3.19. The second-order valence-corrected chi connectivity index (χ2v) is 7.08. The summed E-state index contributed by atoms with van der Waals surface area (Å²) in [7, 11) is 2.20. The van der Waals surface area contributed by atoms with E-state index in [0.29, 0.717) is 18.0 Å². The normalized spacial score (nSPS) is 27.6. The van der Waals surface area contributed by atoms with E-state index in [1.807, 2.05) is 0 Å². The fourth-order valence-electron chi connectivity index (χ4n) is 3.46. The van der Waals surface area contributed by atoms with E-state index in [9.17, 15) is 0 Å². The van der Waals surface area contributed by atoms with Gasteiger partial charge in [-0.2, -0.15) is 5.10 Å². The maximum Gasteiger partial charge on any atom is 0.156 e. The van der Waals surface area contributed by atoms with Gasteiger partial charge in [0.1, 0.15) is 5.82 Å². The van der Waals surface area contributed by atoms with Gasteiger partial charge in [0.15, 0.2) is 5.82 Å². The lowest BCUT2D eigenvalue weighted by Crippen LogP contribution is -2.33. The number of ether oxygens (including phenoxy) is 1. The Kier molecular flexibility index (Phi) is 4.15. The van der Waals surface area contributed by atoms with Crippen molar-refractivity contribution in [2.24, 2.45) is 0 Å². The minimum Gasteiger partial charge on any atom is -0.381 e. The second kappa shape index (κ2) is 6.26. The molecule has 1 N–H and O–H groups in total. The van der Waals surface area contributed by atoms with Crippen molar-refractivity contribution in [2.45, 2.75) is 56.7 Å². The van der Waals surface area contributed by atoms with Crippen LogP contribution >= 0.6 is 0 Å². The molecule has 3 fully saturated rings. The SMILES string of the molecule is CN1CCC(n2nc([C@@H]3CCOC3)nc2CNC2CC2)CC1. The highest BCUT2D eigenvalue weighted by molar-refractivity contribution is 5.03. The number of nitrogens with one attached hydrogen (secondary N) is 1. The monoisotopic (exact) mass is 305 g/mol. The lowest BCUT2D eigenvalue weighted by atomic mass is 10.1. The molecule has 2 saturated heterocycles. The molecule has 1 aliphatic carbocycles. The molecule has 0 spiro atoms. The van der Waals surface area contributed by atoms with Crippen molar-refractivity contribution in [3.05, 3.63) is 11.6 Å². The van der Waals surface area contributed by atoms with Gasteiger partial charge in [0.2, 0.25) is 0 Å². The van der Waals surface area contributed by atoms with Crippen molar-refractivity contribution in [3.63, 3.8) is 0 Å².